The fraction of sp³-hybridized carbons (Fsp3) is 0.222. The Hall–Kier alpha value is -2.11. The summed E-state index contributed by atoms with van der Waals surface area (Å²) in [7, 11) is 0. The zero-order chi connectivity index (χ0) is 10.7. The van der Waals surface area contributed by atoms with E-state index in [1.54, 1.807) is 25.3 Å². The molecule has 6 nitrogen and oxygen atoms in total. The minimum Gasteiger partial charge on any atom is -0.361 e. The van der Waals surface area contributed by atoms with E-state index in [-0.39, 0.29) is 12.3 Å². The number of nitrogens with one attached hydrogen (secondary N) is 2. The predicted molar refractivity (Wildman–Crippen MR) is 52.2 cm³/mol. The molecule has 0 saturated heterocycles. The van der Waals surface area contributed by atoms with Crippen molar-refractivity contribution in [2.75, 3.05) is 5.32 Å². The van der Waals surface area contributed by atoms with Gasteiger partial charge in [0, 0.05) is 12.1 Å². The Kier molecular flexibility index (Phi) is 2.49. The lowest BCUT2D eigenvalue weighted by Crippen LogP contribution is -2.14. The molecule has 0 atom stereocenters. The summed E-state index contributed by atoms with van der Waals surface area (Å²) in [6.07, 6.45) is 1.73. The molecule has 78 valence electrons. The summed E-state index contributed by atoms with van der Waals surface area (Å²) in [6.45, 7) is 1.81. The highest BCUT2D eigenvalue weighted by Gasteiger charge is 2.08. The number of carbonyl (C=O) groups is 1. The number of nitrogens with zero attached hydrogens (tertiary/aromatic N) is 2. The number of H-pyrrole nitrogens is 1. The third-order valence-electron chi connectivity index (χ3n) is 1.79. The summed E-state index contributed by atoms with van der Waals surface area (Å²) in [5.74, 6) is 0.941. The summed E-state index contributed by atoms with van der Waals surface area (Å²) < 4.78 is 4.92. The molecule has 15 heavy (non-hydrogen) atoms. The Labute approximate surface area is 85.7 Å². The van der Waals surface area contributed by atoms with Gasteiger partial charge < -0.3 is 9.84 Å². The molecule has 0 spiro atoms. The molecule has 1 amide bonds. The first-order valence-corrected chi connectivity index (χ1v) is 4.45. The van der Waals surface area contributed by atoms with E-state index < -0.39 is 0 Å². The molecule has 2 heterocycles. The molecule has 0 fully saturated rings. The molecule has 0 aromatic carbocycles. The molecule has 0 saturated carbocycles. The second kappa shape index (κ2) is 3.95. The van der Waals surface area contributed by atoms with Crippen molar-refractivity contribution in [2.24, 2.45) is 0 Å². The van der Waals surface area contributed by atoms with Crippen LogP contribution in [0.15, 0.2) is 22.9 Å². The van der Waals surface area contributed by atoms with Gasteiger partial charge in [-0.3, -0.25) is 9.89 Å². The Morgan fingerprint density at radius 1 is 1.67 bits per heavy atom. The Bertz CT molecular complexity index is 446. The van der Waals surface area contributed by atoms with Gasteiger partial charge in [0.2, 0.25) is 5.91 Å². The number of aryl methyl sites for hydroxylation is 1. The van der Waals surface area contributed by atoms with Crippen LogP contribution in [-0.4, -0.2) is 21.3 Å². The SMILES string of the molecule is Cc1cc(CC(=O)Nc2ccn[nH]2)on1. The molecule has 0 aliphatic rings. The molecule has 2 aromatic heterocycles. The fourth-order valence-electron chi connectivity index (χ4n) is 1.18. The number of anilines is 1. The van der Waals surface area contributed by atoms with E-state index in [0.717, 1.165) is 5.69 Å². The van der Waals surface area contributed by atoms with E-state index in [4.69, 9.17) is 4.52 Å². The van der Waals surface area contributed by atoms with Crippen LogP contribution in [0.25, 0.3) is 0 Å². The van der Waals surface area contributed by atoms with Crippen molar-refractivity contribution in [1.29, 1.82) is 0 Å². The summed E-state index contributed by atoms with van der Waals surface area (Å²) in [6, 6.07) is 3.40. The molecule has 0 radical (unpaired) electrons. The molecule has 0 aliphatic carbocycles. The van der Waals surface area contributed by atoms with E-state index in [9.17, 15) is 4.79 Å². The number of rotatable bonds is 3. The molecule has 0 aliphatic heterocycles. The van der Waals surface area contributed by atoms with Crippen LogP contribution in [0.3, 0.4) is 0 Å². The van der Waals surface area contributed by atoms with Gasteiger partial charge >= 0.3 is 0 Å². The quantitative estimate of drug-likeness (QED) is 0.781. The number of aromatic amines is 1. The van der Waals surface area contributed by atoms with Crippen molar-refractivity contribution in [3.8, 4) is 0 Å². The van der Waals surface area contributed by atoms with Gasteiger partial charge in [-0.2, -0.15) is 5.10 Å². The van der Waals surface area contributed by atoms with E-state index in [1.165, 1.54) is 0 Å². The molecular formula is C9H10N4O2. The highest BCUT2D eigenvalue weighted by molar-refractivity contribution is 5.90. The van der Waals surface area contributed by atoms with Gasteiger partial charge in [0.25, 0.3) is 0 Å². The van der Waals surface area contributed by atoms with Crippen LogP contribution in [0.2, 0.25) is 0 Å². The number of aromatic nitrogens is 3. The van der Waals surface area contributed by atoms with Gasteiger partial charge in [-0.15, -0.1) is 0 Å². The molecule has 6 heteroatoms. The lowest BCUT2D eigenvalue weighted by atomic mass is 10.3. The zero-order valence-corrected chi connectivity index (χ0v) is 8.15. The first kappa shape index (κ1) is 9.45. The van der Waals surface area contributed by atoms with Crippen LogP contribution in [0.1, 0.15) is 11.5 Å². The third kappa shape index (κ3) is 2.43. The van der Waals surface area contributed by atoms with E-state index in [1.807, 2.05) is 0 Å². The lowest BCUT2D eigenvalue weighted by Gasteiger charge is -1.98. The van der Waals surface area contributed by atoms with Crippen LogP contribution >= 0.6 is 0 Å². The minimum atomic E-state index is -0.171. The first-order valence-electron chi connectivity index (χ1n) is 4.45. The molecule has 2 rings (SSSR count). The number of amides is 1. The summed E-state index contributed by atoms with van der Waals surface area (Å²) in [5, 5.41) is 12.7. The molecule has 0 unspecified atom stereocenters. The number of hydrogen-bond donors (Lipinski definition) is 2. The summed E-state index contributed by atoms with van der Waals surface area (Å²) in [4.78, 5) is 11.4. The second-order valence-electron chi connectivity index (χ2n) is 3.13. The lowest BCUT2D eigenvalue weighted by molar-refractivity contribution is -0.115. The monoisotopic (exact) mass is 206 g/mol. The van der Waals surface area contributed by atoms with Crippen LogP contribution < -0.4 is 5.32 Å². The van der Waals surface area contributed by atoms with Gasteiger partial charge in [-0.25, -0.2) is 0 Å². The van der Waals surface area contributed by atoms with Crippen molar-refractivity contribution in [3.05, 3.63) is 29.8 Å². The smallest absolute Gasteiger partial charge is 0.233 e. The summed E-state index contributed by atoms with van der Waals surface area (Å²) >= 11 is 0. The van der Waals surface area contributed by atoms with Crippen molar-refractivity contribution in [3.63, 3.8) is 0 Å². The van der Waals surface area contributed by atoms with Crippen LogP contribution in [0.5, 0.6) is 0 Å². The van der Waals surface area contributed by atoms with Crippen LogP contribution in [-0.2, 0) is 11.2 Å². The van der Waals surface area contributed by atoms with Crippen molar-refractivity contribution in [2.45, 2.75) is 13.3 Å². The van der Waals surface area contributed by atoms with Crippen LogP contribution in [0, 0.1) is 6.92 Å². The Balaban J connectivity index is 1.93. The van der Waals surface area contributed by atoms with Gasteiger partial charge in [0.05, 0.1) is 18.3 Å². The average molecular weight is 206 g/mol. The van der Waals surface area contributed by atoms with Crippen molar-refractivity contribution < 1.29 is 9.32 Å². The highest BCUT2D eigenvalue weighted by Crippen LogP contribution is 2.05. The maximum atomic E-state index is 11.4. The maximum absolute atomic E-state index is 11.4. The standard InChI is InChI=1S/C9H10N4O2/c1-6-4-7(15-13-6)5-9(14)11-8-2-3-10-12-8/h2-4H,5H2,1H3,(H2,10,11,12,14). The van der Waals surface area contributed by atoms with Gasteiger partial charge in [-0.1, -0.05) is 5.16 Å². The Morgan fingerprint density at radius 3 is 3.13 bits per heavy atom. The molecule has 2 aromatic rings. The van der Waals surface area contributed by atoms with Crippen molar-refractivity contribution >= 4 is 11.7 Å². The van der Waals surface area contributed by atoms with Gasteiger partial charge in [-0.05, 0) is 6.92 Å². The van der Waals surface area contributed by atoms with Gasteiger partial charge in [0.1, 0.15) is 11.6 Å². The fourth-order valence-corrected chi connectivity index (χ4v) is 1.18. The van der Waals surface area contributed by atoms with Crippen LogP contribution in [0.4, 0.5) is 5.82 Å². The largest absolute Gasteiger partial charge is 0.361 e. The van der Waals surface area contributed by atoms with E-state index in [2.05, 4.69) is 20.7 Å². The minimum absolute atomic E-state index is 0.167. The second-order valence-corrected chi connectivity index (χ2v) is 3.13. The first-order chi connectivity index (χ1) is 7.24. The molecule has 0 bridgehead atoms. The third-order valence-corrected chi connectivity index (χ3v) is 1.79. The Morgan fingerprint density at radius 2 is 2.53 bits per heavy atom. The van der Waals surface area contributed by atoms with E-state index >= 15 is 0 Å². The summed E-state index contributed by atoms with van der Waals surface area (Å²) in [5.41, 5.74) is 0.763. The normalized spacial score (nSPS) is 10.2. The van der Waals surface area contributed by atoms with Gasteiger partial charge in [0.15, 0.2) is 0 Å². The topological polar surface area (TPSA) is 83.8 Å². The predicted octanol–water partition coefficient (Wildman–Crippen LogP) is 0.887. The maximum Gasteiger partial charge on any atom is 0.233 e. The molecule has 2 N–H and O–H groups in total. The van der Waals surface area contributed by atoms with Crippen molar-refractivity contribution in [1.82, 2.24) is 15.4 Å². The highest BCUT2D eigenvalue weighted by atomic mass is 16.5. The van der Waals surface area contributed by atoms with E-state index in [0.29, 0.717) is 11.6 Å². The zero-order valence-electron chi connectivity index (χ0n) is 8.15. The molecular weight excluding hydrogens is 196 g/mol. The number of hydrogen-bond acceptors (Lipinski definition) is 4. The number of carbonyl (C=O) groups excluding carboxylic acids is 1. The average Bonchev–Trinajstić information content (AvgIpc) is 2.77.